The molecular formula is C11H20N2O3. The molecule has 1 aliphatic heterocycles. The van der Waals surface area contributed by atoms with Gasteiger partial charge in [-0.2, -0.15) is 0 Å². The summed E-state index contributed by atoms with van der Waals surface area (Å²) in [5.41, 5.74) is 0. The van der Waals surface area contributed by atoms with Gasteiger partial charge in [-0.25, -0.2) is 0 Å². The molecule has 1 N–H and O–H groups in total. The van der Waals surface area contributed by atoms with E-state index in [0.29, 0.717) is 13.0 Å². The van der Waals surface area contributed by atoms with Crippen molar-refractivity contribution in [2.24, 2.45) is 0 Å². The lowest BCUT2D eigenvalue weighted by Gasteiger charge is -2.38. The molecule has 1 saturated heterocycles. The van der Waals surface area contributed by atoms with Crippen LogP contribution in [0.15, 0.2) is 0 Å². The zero-order valence-electron chi connectivity index (χ0n) is 10.2. The van der Waals surface area contributed by atoms with Crippen LogP contribution in [0.3, 0.4) is 0 Å². The van der Waals surface area contributed by atoms with Gasteiger partial charge in [0.1, 0.15) is 6.04 Å². The van der Waals surface area contributed by atoms with E-state index in [1.165, 1.54) is 7.11 Å². The first-order chi connectivity index (χ1) is 7.54. The first-order valence-electron chi connectivity index (χ1n) is 5.66. The molecule has 1 rings (SSSR count). The van der Waals surface area contributed by atoms with Crippen LogP contribution in [0.25, 0.3) is 0 Å². The lowest BCUT2D eigenvalue weighted by atomic mass is 10.0. The topological polar surface area (TPSA) is 58.6 Å². The maximum Gasteiger partial charge on any atom is 0.323 e. The minimum atomic E-state index is -0.199. The van der Waals surface area contributed by atoms with Crippen LogP contribution in [0.1, 0.15) is 26.7 Å². The average molecular weight is 228 g/mol. The Bertz CT molecular complexity index is 266. The number of likely N-dealkylation sites (tertiary alicyclic amines) is 1. The number of ether oxygens (including phenoxy) is 1. The lowest BCUT2D eigenvalue weighted by Crippen LogP contribution is -2.53. The summed E-state index contributed by atoms with van der Waals surface area (Å²) in [7, 11) is 1.39. The van der Waals surface area contributed by atoms with Crippen molar-refractivity contribution in [2.75, 3.05) is 20.2 Å². The number of rotatable bonds is 5. The van der Waals surface area contributed by atoms with Gasteiger partial charge in [0.25, 0.3) is 0 Å². The second kappa shape index (κ2) is 5.84. The van der Waals surface area contributed by atoms with Gasteiger partial charge >= 0.3 is 5.97 Å². The lowest BCUT2D eigenvalue weighted by molar-refractivity contribution is -0.152. The number of carbonyl (C=O) groups excluding carboxylic acids is 2. The quantitative estimate of drug-likeness (QED) is 0.680. The van der Waals surface area contributed by atoms with Crippen LogP contribution in [-0.2, 0) is 14.3 Å². The summed E-state index contributed by atoms with van der Waals surface area (Å²) in [6.07, 6.45) is 1.27. The van der Waals surface area contributed by atoms with E-state index in [2.05, 4.69) is 10.1 Å². The molecule has 5 nitrogen and oxygen atoms in total. The van der Waals surface area contributed by atoms with Crippen molar-refractivity contribution in [3.8, 4) is 0 Å². The van der Waals surface area contributed by atoms with Gasteiger partial charge in [-0.15, -0.1) is 0 Å². The summed E-state index contributed by atoms with van der Waals surface area (Å²) in [4.78, 5) is 24.6. The van der Waals surface area contributed by atoms with Gasteiger partial charge in [-0.3, -0.25) is 14.5 Å². The Balaban J connectivity index is 2.23. The smallest absolute Gasteiger partial charge is 0.323 e. The number of carbonyl (C=O) groups is 2. The Labute approximate surface area is 96.1 Å². The SMILES string of the molecule is COC(=O)C1CCN1CCC(=O)NC(C)C. The zero-order valence-corrected chi connectivity index (χ0v) is 10.2. The van der Waals surface area contributed by atoms with Gasteiger partial charge in [0, 0.05) is 25.6 Å². The van der Waals surface area contributed by atoms with E-state index in [9.17, 15) is 9.59 Å². The van der Waals surface area contributed by atoms with Gasteiger partial charge in [0.15, 0.2) is 0 Å². The average Bonchev–Trinajstić information content (AvgIpc) is 2.14. The van der Waals surface area contributed by atoms with E-state index in [0.717, 1.165) is 13.0 Å². The summed E-state index contributed by atoms with van der Waals surface area (Å²) in [6.45, 7) is 5.35. The third-order valence-corrected chi connectivity index (χ3v) is 2.68. The molecular weight excluding hydrogens is 208 g/mol. The van der Waals surface area contributed by atoms with Crippen LogP contribution >= 0.6 is 0 Å². The Hall–Kier alpha value is -1.10. The first-order valence-corrected chi connectivity index (χ1v) is 5.66. The Morgan fingerprint density at radius 3 is 2.62 bits per heavy atom. The van der Waals surface area contributed by atoms with Gasteiger partial charge < -0.3 is 10.1 Å². The Kier molecular flexibility index (Phi) is 4.73. The highest BCUT2D eigenvalue weighted by Gasteiger charge is 2.34. The maximum absolute atomic E-state index is 11.4. The molecule has 1 amide bonds. The predicted octanol–water partition coefficient (Wildman–Crippen LogP) is 0.148. The van der Waals surface area contributed by atoms with Crippen molar-refractivity contribution in [1.82, 2.24) is 10.2 Å². The van der Waals surface area contributed by atoms with Crippen molar-refractivity contribution in [1.29, 1.82) is 0 Å². The molecule has 0 bridgehead atoms. The number of methoxy groups -OCH3 is 1. The molecule has 1 aliphatic rings. The molecule has 0 saturated carbocycles. The normalized spacial score (nSPS) is 20.4. The molecule has 1 heterocycles. The Morgan fingerprint density at radius 2 is 2.19 bits per heavy atom. The highest BCUT2D eigenvalue weighted by molar-refractivity contribution is 5.78. The minimum Gasteiger partial charge on any atom is -0.468 e. The molecule has 1 fully saturated rings. The third kappa shape index (κ3) is 3.48. The largest absolute Gasteiger partial charge is 0.468 e. The maximum atomic E-state index is 11.4. The molecule has 1 atom stereocenters. The van der Waals surface area contributed by atoms with E-state index in [-0.39, 0.29) is 24.0 Å². The van der Waals surface area contributed by atoms with Gasteiger partial charge in [0.2, 0.25) is 5.91 Å². The number of esters is 1. The van der Waals surface area contributed by atoms with Crippen LogP contribution < -0.4 is 5.32 Å². The fourth-order valence-electron chi connectivity index (χ4n) is 1.75. The minimum absolute atomic E-state index is 0.0329. The van der Waals surface area contributed by atoms with E-state index in [4.69, 9.17) is 0 Å². The predicted molar refractivity (Wildman–Crippen MR) is 59.9 cm³/mol. The third-order valence-electron chi connectivity index (χ3n) is 2.68. The highest BCUT2D eigenvalue weighted by Crippen LogP contribution is 2.18. The molecule has 0 aromatic rings. The van der Waals surface area contributed by atoms with Crippen LogP contribution in [0.2, 0.25) is 0 Å². The molecule has 0 aliphatic carbocycles. The number of nitrogens with one attached hydrogen (secondary N) is 1. The highest BCUT2D eigenvalue weighted by atomic mass is 16.5. The summed E-state index contributed by atoms with van der Waals surface area (Å²) < 4.78 is 4.67. The van der Waals surface area contributed by atoms with Crippen LogP contribution in [-0.4, -0.2) is 49.1 Å². The first kappa shape index (κ1) is 13.0. The van der Waals surface area contributed by atoms with Gasteiger partial charge in [-0.05, 0) is 20.3 Å². The number of amides is 1. The van der Waals surface area contributed by atoms with Crippen LogP contribution in [0.5, 0.6) is 0 Å². The molecule has 5 heteroatoms. The standard InChI is InChI=1S/C11H20N2O3/c1-8(2)12-10(14)5-7-13-6-4-9(13)11(15)16-3/h8-9H,4-7H2,1-3H3,(H,12,14). The second-order valence-corrected chi connectivity index (χ2v) is 4.34. The van der Waals surface area contributed by atoms with Gasteiger partial charge in [0.05, 0.1) is 7.11 Å². The number of hydrogen-bond donors (Lipinski definition) is 1. The molecule has 0 aromatic heterocycles. The van der Waals surface area contributed by atoms with Crippen molar-refractivity contribution in [2.45, 2.75) is 38.8 Å². The monoisotopic (exact) mass is 228 g/mol. The second-order valence-electron chi connectivity index (χ2n) is 4.34. The summed E-state index contributed by atoms with van der Waals surface area (Å²) in [5.74, 6) is -0.166. The van der Waals surface area contributed by atoms with E-state index in [1.807, 2.05) is 18.7 Å². The van der Waals surface area contributed by atoms with Crippen molar-refractivity contribution < 1.29 is 14.3 Å². The molecule has 1 unspecified atom stereocenters. The van der Waals surface area contributed by atoms with Gasteiger partial charge in [-0.1, -0.05) is 0 Å². The summed E-state index contributed by atoms with van der Waals surface area (Å²) in [6, 6.07) is 0.0251. The van der Waals surface area contributed by atoms with E-state index in [1.54, 1.807) is 0 Å². The fourth-order valence-corrected chi connectivity index (χ4v) is 1.75. The molecule has 0 spiro atoms. The van der Waals surface area contributed by atoms with Crippen molar-refractivity contribution >= 4 is 11.9 Å². The number of hydrogen-bond acceptors (Lipinski definition) is 4. The van der Waals surface area contributed by atoms with Crippen LogP contribution in [0.4, 0.5) is 0 Å². The van der Waals surface area contributed by atoms with Crippen LogP contribution in [0, 0.1) is 0 Å². The summed E-state index contributed by atoms with van der Waals surface area (Å²) >= 11 is 0. The molecule has 0 radical (unpaired) electrons. The summed E-state index contributed by atoms with van der Waals surface area (Å²) in [5, 5.41) is 2.82. The zero-order chi connectivity index (χ0) is 12.1. The van der Waals surface area contributed by atoms with Crippen molar-refractivity contribution in [3.05, 3.63) is 0 Å². The molecule has 16 heavy (non-hydrogen) atoms. The fraction of sp³-hybridized carbons (Fsp3) is 0.818. The van der Waals surface area contributed by atoms with Crippen molar-refractivity contribution in [3.63, 3.8) is 0 Å². The Morgan fingerprint density at radius 1 is 1.50 bits per heavy atom. The number of nitrogens with zero attached hydrogens (tertiary/aromatic N) is 1. The van der Waals surface area contributed by atoms with E-state index >= 15 is 0 Å². The molecule has 92 valence electrons. The van der Waals surface area contributed by atoms with E-state index < -0.39 is 0 Å². The molecule has 0 aromatic carbocycles.